The topological polar surface area (TPSA) is 129 Å². The van der Waals surface area contributed by atoms with Gasteiger partial charge in [-0.2, -0.15) is 0 Å². The third kappa shape index (κ3) is 5.95. The molecule has 1 aliphatic rings. The number of carbonyl (C=O) groups excluding carboxylic acids is 3. The maximum Gasteiger partial charge on any atom is 0.338 e. The van der Waals surface area contributed by atoms with Crippen molar-refractivity contribution in [3.63, 3.8) is 0 Å². The maximum absolute atomic E-state index is 12.7. The molecule has 3 aromatic carbocycles. The van der Waals surface area contributed by atoms with Crippen molar-refractivity contribution >= 4 is 17.9 Å². The van der Waals surface area contributed by atoms with E-state index < -0.39 is 55.2 Å². The van der Waals surface area contributed by atoms with E-state index in [1.165, 1.54) is 24.3 Å². The summed E-state index contributed by atoms with van der Waals surface area (Å²) < 4.78 is 21.5. The van der Waals surface area contributed by atoms with Gasteiger partial charge in [0.25, 0.3) is 0 Å². The highest BCUT2D eigenvalue weighted by molar-refractivity contribution is 5.90. The number of aliphatic hydroxyl groups is 2. The molecule has 0 aromatic heterocycles. The highest BCUT2D eigenvalue weighted by atomic mass is 16.7. The molecule has 0 radical (unpaired) electrons. The molecule has 0 unspecified atom stereocenters. The first-order valence-corrected chi connectivity index (χ1v) is 11.2. The van der Waals surface area contributed by atoms with Crippen LogP contribution in [0.4, 0.5) is 0 Å². The van der Waals surface area contributed by atoms with Crippen molar-refractivity contribution in [3.8, 4) is 0 Å². The minimum absolute atomic E-state index is 0.186. The molecule has 5 atom stereocenters. The minimum atomic E-state index is -1.78. The van der Waals surface area contributed by atoms with Crippen LogP contribution in [-0.2, 0) is 18.9 Å². The summed E-state index contributed by atoms with van der Waals surface area (Å²) in [5, 5.41) is 21.6. The van der Waals surface area contributed by atoms with Crippen LogP contribution in [0.5, 0.6) is 0 Å². The third-order valence-electron chi connectivity index (χ3n) is 5.53. The molecule has 2 N–H and O–H groups in total. The van der Waals surface area contributed by atoms with Crippen molar-refractivity contribution in [1.82, 2.24) is 0 Å². The molecular weight excluding hydrogens is 468 g/mol. The molecular formula is C27H24O9. The Hall–Kier alpha value is -4.05. The van der Waals surface area contributed by atoms with Crippen LogP contribution >= 0.6 is 0 Å². The van der Waals surface area contributed by atoms with Gasteiger partial charge in [-0.05, 0) is 36.4 Å². The lowest BCUT2D eigenvalue weighted by Gasteiger charge is -2.41. The number of carbonyl (C=O) groups is 3. The number of aliphatic hydroxyl groups excluding tert-OH is 2. The standard InChI is InChI=1S/C27H24O9/c28-21-20(16-33-24(29)17-10-4-1-5-11-17)34-27(32)23(36-26(31)19-14-8-3-9-15-19)22(21)35-25(30)18-12-6-2-7-13-18/h1-15,20-23,27-28,32H,16H2/t20-,21-,22+,23-,27-/m1/s1. The number of benzene rings is 3. The van der Waals surface area contributed by atoms with Gasteiger partial charge in [0.2, 0.25) is 0 Å². The van der Waals surface area contributed by atoms with Crippen molar-refractivity contribution in [2.24, 2.45) is 0 Å². The largest absolute Gasteiger partial charge is 0.459 e. The van der Waals surface area contributed by atoms with E-state index in [0.29, 0.717) is 0 Å². The second-order valence-corrected chi connectivity index (χ2v) is 7.99. The highest BCUT2D eigenvalue weighted by Crippen LogP contribution is 2.27. The summed E-state index contributed by atoms with van der Waals surface area (Å²) in [6, 6.07) is 24.1. The van der Waals surface area contributed by atoms with Gasteiger partial charge >= 0.3 is 17.9 Å². The van der Waals surface area contributed by atoms with Crippen LogP contribution in [0.15, 0.2) is 91.0 Å². The predicted octanol–water partition coefficient (Wildman–Crippen LogP) is 2.37. The lowest BCUT2D eigenvalue weighted by molar-refractivity contribution is -0.284. The van der Waals surface area contributed by atoms with E-state index in [1.54, 1.807) is 66.7 Å². The van der Waals surface area contributed by atoms with E-state index >= 15 is 0 Å². The Labute approximate surface area is 206 Å². The number of rotatable bonds is 7. The number of esters is 3. The summed E-state index contributed by atoms with van der Waals surface area (Å²) in [5.74, 6) is -2.30. The minimum Gasteiger partial charge on any atom is -0.459 e. The van der Waals surface area contributed by atoms with Crippen LogP contribution in [0.25, 0.3) is 0 Å². The average molecular weight is 492 g/mol. The van der Waals surface area contributed by atoms with Crippen LogP contribution in [0.3, 0.4) is 0 Å². The summed E-state index contributed by atoms with van der Waals surface area (Å²) in [7, 11) is 0. The Morgan fingerprint density at radius 3 is 1.53 bits per heavy atom. The molecule has 1 saturated heterocycles. The Morgan fingerprint density at radius 2 is 1.06 bits per heavy atom. The van der Waals surface area contributed by atoms with Gasteiger partial charge in [-0.15, -0.1) is 0 Å². The molecule has 1 fully saturated rings. The fraction of sp³-hybridized carbons (Fsp3) is 0.222. The molecule has 0 amide bonds. The fourth-order valence-electron chi connectivity index (χ4n) is 3.65. The van der Waals surface area contributed by atoms with E-state index in [4.69, 9.17) is 18.9 Å². The summed E-state index contributed by atoms with van der Waals surface area (Å²) in [5.41, 5.74) is 0.655. The van der Waals surface area contributed by atoms with Gasteiger partial charge in [-0.1, -0.05) is 54.6 Å². The molecule has 1 aliphatic heterocycles. The number of hydrogen-bond acceptors (Lipinski definition) is 9. The lowest BCUT2D eigenvalue weighted by atomic mass is 9.98. The summed E-state index contributed by atoms with van der Waals surface area (Å²) >= 11 is 0. The Bertz CT molecular complexity index is 1170. The molecule has 0 aliphatic carbocycles. The molecule has 3 aromatic rings. The van der Waals surface area contributed by atoms with Crippen molar-refractivity contribution in [2.45, 2.75) is 30.7 Å². The molecule has 1 heterocycles. The zero-order valence-corrected chi connectivity index (χ0v) is 19.0. The zero-order valence-electron chi connectivity index (χ0n) is 19.0. The number of ether oxygens (including phenoxy) is 4. The van der Waals surface area contributed by atoms with Gasteiger partial charge in [0, 0.05) is 0 Å². The van der Waals surface area contributed by atoms with Crippen LogP contribution in [0.1, 0.15) is 31.1 Å². The molecule has 9 heteroatoms. The van der Waals surface area contributed by atoms with E-state index in [0.717, 1.165) is 0 Å². The van der Waals surface area contributed by atoms with Crippen LogP contribution in [-0.4, -0.2) is 65.4 Å². The van der Waals surface area contributed by atoms with Gasteiger partial charge in [-0.3, -0.25) is 0 Å². The Morgan fingerprint density at radius 1 is 0.639 bits per heavy atom. The first-order chi connectivity index (χ1) is 17.4. The van der Waals surface area contributed by atoms with Crippen LogP contribution in [0.2, 0.25) is 0 Å². The van der Waals surface area contributed by atoms with Crippen LogP contribution < -0.4 is 0 Å². The molecule has 0 saturated carbocycles. The average Bonchev–Trinajstić information content (AvgIpc) is 2.92. The molecule has 0 bridgehead atoms. The van der Waals surface area contributed by atoms with E-state index in [2.05, 4.69) is 0 Å². The third-order valence-corrected chi connectivity index (χ3v) is 5.53. The molecule has 36 heavy (non-hydrogen) atoms. The molecule has 0 spiro atoms. The first-order valence-electron chi connectivity index (χ1n) is 11.2. The van der Waals surface area contributed by atoms with Crippen molar-refractivity contribution < 1.29 is 43.5 Å². The summed E-state index contributed by atoms with van der Waals surface area (Å²) in [4.78, 5) is 37.7. The quantitative estimate of drug-likeness (QED) is 0.377. The maximum atomic E-state index is 12.7. The van der Waals surface area contributed by atoms with Gasteiger partial charge < -0.3 is 29.2 Å². The van der Waals surface area contributed by atoms with Crippen molar-refractivity contribution in [3.05, 3.63) is 108 Å². The smallest absolute Gasteiger partial charge is 0.338 e. The molecule has 186 valence electrons. The SMILES string of the molecule is O=C(OC[C@H]1O[C@@H](O)[C@H](OC(=O)c2ccccc2)[C@@H](OC(=O)c2ccccc2)[C@@H]1O)c1ccccc1. The van der Waals surface area contributed by atoms with Crippen LogP contribution in [0, 0.1) is 0 Å². The zero-order chi connectivity index (χ0) is 25.5. The second-order valence-electron chi connectivity index (χ2n) is 7.99. The normalized spacial score (nSPS) is 23.3. The Kier molecular flexibility index (Phi) is 8.06. The first kappa shape index (κ1) is 25.1. The summed E-state index contributed by atoms with van der Waals surface area (Å²) in [6.07, 6.45) is -7.72. The van der Waals surface area contributed by atoms with E-state index in [-0.39, 0.29) is 16.7 Å². The second kappa shape index (κ2) is 11.6. The monoisotopic (exact) mass is 492 g/mol. The van der Waals surface area contributed by atoms with Gasteiger partial charge in [-0.25, -0.2) is 14.4 Å². The van der Waals surface area contributed by atoms with E-state index in [1.807, 2.05) is 0 Å². The van der Waals surface area contributed by atoms with Crippen molar-refractivity contribution in [2.75, 3.05) is 6.61 Å². The lowest BCUT2D eigenvalue weighted by Crippen LogP contribution is -2.61. The van der Waals surface area contributed by atoms with E-state index in [9.17, 15) is 24.6 Å². The van der Waals surface area contributed by atoms with Gasteiger partial charge in [0.05, 0.1) is 16.7 Å². The molecule has 9 nitrogen and oxygen atoms in total. The van der Waals surface area contributed by atoms with Gasteiger partial charge in [0.1, 0.15) is 18.8 Å². The highest BCUT2D eigenvalue weighted by Gasteiger charge is 2.50. The Balaban J connectivity index is 1.52. The molecule has 4 rings (SSSR count). The fourth-order valence-corrected chi connectivity index (χ4v) is 3.65. The summed E-state index contributed by atoms with van der Waals surface area (Å²) in [6.45, 7) is -0.454. The van der Waals surface area contributed by atoms with Crippen molar-refractivity contribution in [1.29, 1.82) is 0 Å². The number of hydrogen-bond donors (Lipinski definition) is 2. The van der Waals surface area contributed by atoms with Gasteiger partial charge in [0.15, 0.2) is 18.5 Å². The predicted molar refractivity (Wildman–Crippen MR) is 125 cm³/mol.